The van der Waals surface area contributed by atoms with Crippen LogP contribution in [0.15, 0.2) is 41.6 Å². The zero-order valence-electron chi connectivity index (χ0n) is 16.3. The van der Waals surface area contributed by atoms with E-state index in [2.05, 4.69) is 42.2 Å². The number of rotatable bonds is 6. The molecular formula is C20H21Cl2N5OS. The number of amides is 1. The number of nitrogens with zero attached hydrogens (tertiary/aromatic N) is 4. The number of hydrogen-bond acceptors (Lipinski definition) is 5. The lowest BCUT2D eigenvalue weighted by Gasteiger charge is -2.18. The highest BCUT2D eigenvalue weighted by Crippen LogP contribution is 2.30. The van der Waals surface area contributed by atoms with E-state index in [1.807, 2.05) is 0 Å². The van der Waals surface area contributed by atoms with Crippen molar-refractivity contribution in [3.05, 3.63) is 63.1 Å². The Hall–Kier alpha value is -2.22. The molecule has 0 atom stereocenters. The van der Waals surface area contributed by atoms with Crippen LogP contribution in [-0.4, -0.2) is 38.5 Å². The van der Waals surface area contributed by atoms with Gasteiger partial charge in [-0.1, -0.05) is 58.7 Å². The molecule has 2 aromatic carbocycles. The Balaban J connectivity index is 1.66. The van der Waals surface area contributed by atoms with Crippen LogP contribution < -0.4 is 5.84 Å². The van der Waals surface area contributed by atoms with Crippen molar-refractivity contribution >= 4 is 40.9 Å². The Morgan fingerprint density at radius 3 is 2.66 bits per heavy atom. The van der Waals surface area contributed by atoms with Crippen LogP contribution in [0.25, 0.3) is 11.4 Å². The second kappa shape index (κ2) is 9.07. The molecule has 0 fully saturated rings. The fourth-order valence-corrected chi connectivity index (χ4v) is 4.00. The molecule has 0 radical (unpaired) electrons. The first-order chi connectivity index (χ1) is 13.8. The molecular weight excluding hydrogens is 429 g/mol. The first-order valence-electron chi connectivity index (χ1n) is 8.85. The van der Waals surface area contributed by atoms with Gasteiger partial charge >= 0.3 is 0 Å². The van der Waals surface area contributed by atoms with Crippen molar-refractivity contribution in [3.8, 4) is 11.4 Å². The molecule has 0 unspecified atom stereocenters. The van der Waals surface area contributed by atoms with Crippen LogP contribution in [0, 0.1) is 13.8 Å². The summed E-state index contributed by atoms with van der Waals surface area (Å²) >= 11 is 13.5. The number of nitrogens with two attached hydrogens (primary N) is 1. The van der Waals surface area contributed by atoms with E-state index in [-0.39, 0.29) is 11.7 Å². The van der Waals surface area contributed by atoms with Gasteiger partial charge in [0.15, 0.2) is 5.82 Å². The van der Waals surface area contributed by atoms with E-state index < -0.39 is 0 Å². The van der Waals surface area contributed by atoms with Crippen molar-refractivity contribution in [2.45, 2.75) is 25.5 Å². The lowest BCUT2D eigenvalue weighted by atomic mass is 10.1. The average molecular weight is 450 g/mol. The maximum absolute atomic E-state index is 12.6. The van der Waals surface area contributed by atoms with Crippen LogP contribution >= 0.6 is 35.0 Å². The SMILES string of the molecule is Cc1ccc(CN(C)C(=O)CSc2nnc(-c3cc(Cl)ccc3Cl)n2N)c(C)c1. The second-order valence-electron chi connectivity index (χ2n) is 6.77. The van der Waals surface area contributed by atoms with Gasteiger partial charge in [-0.3, -0.25) is 4.79 Å². The zero-order chi connectivity index (χ0) is 21.1. The van der Waals surface area contributed by atoms with Crippen LogP contribution in [0.4, 0.5) is 0 Å². The normalized spacial score (nSPS) is 10.9. The number of aryl methyl sites for hydroxylation is 2. The molecule has 29 heavy (non-hydrogen) atoms. The van der Waals surface area contributed by atoms with E-state index in [9.17, 15) is 4.79 Å². The van der Waals surface area contributed by atoms with E-state index in [1.165, 1.54) is 27.6 Å². The highest BCUT2D eigenvalue weighted by atomic mass is 35.5. The highest BCUT2D eigenvalue weighted by molar-refractivity contribution is 7.99. The van der Waals surface area contributed by atoms with E-state index >= 15 is 0 Å². The number of halogens is 2. The third-order valence-electron chi connectivity index (χ3n) is 4.49. The number of thioether (sulfide) groups is 1. The molecule has 1 heterocycles. The lowest BCUT2D eigenvalue weighted by Crippen LogP contribution is -2.28. The summed E-state index contributed by atoms with van der Waals surface area (Å²) in [7, 11) is 1.78. The molecule has 3 aromatic rings. The van der Waals surface area contributed by atoms with Crippen molar-refractivity contribution in [2.24, 2.45) is 0 Å². The minimum Gasteiger partial charge on any atom is -0.341 e. The van der Waals surface area contributed by atoms with Gasteiger partial charge in [0.05, 0.1) is 10.8 Å². The van der Waals surface area contributed by atoms with Gasteiger partial charge in [-0.05, 0) is 43.2 Å². The van der Waals surface area contributed by atoms with Crippen LogP contribution in [0.2, 0.25) is 10.0 Å². The molecule has 1 aromatic heterocycles. The fourth-order valence-electron chi connectivity index (χ4n) is 2.83. The van der Waals surface area contributed by atoms with Gasteiger partial charge in [-0.25, -0.2) is 4.68 Å². The molecule has 0 aliphatic carbocycles. The molecule has 2 N–H and O–H groups in total. The monoisotopic (exact) mass is 449 g/mol. The zero-order valence-corrected chi connectivity index (χ0v) is 18.6. The van der Waals surface area contributed by atoms with E-state index in [0.29, 0.717) is 33.1 Å². The first kappa shape index (κ1) is 21.5. The van der Waals surface area contributed by atoms with Crippen molar-refractivity contribution in [1.29, 1.82) is 0 Å². The predicted octanol–water partition coefficient (Wildman–Crippen LogP) is 4.33. The number of carbonyl (C=O) groups excluding carboxylic acids is 1. The summed E-state index contributed by atoms with van der Waals surface area (Å²) in [4.78, 5) is 14.2. The molecule has 0 bridgehead atoms. The molecule has 152 valence electrons. The smallest absolute Gasteiger partial charge is 0.233 e. The Morgan fingerprint density at radius 1 is 1.17 bits per heavy atom. The Labute approximate surface area is 184 Å². The third-order valence-corrected chi connectivity index (χ3v) is 5.98. The predicted molar refractivity (Wildman–Crippen MR) is 119 cm³/mol. The van der Waals surface area contributed by atoms with Gasteiger partial charge in [-0.2, -0.15) is 0 Å². The van der Waals surface area contributed by atoms with Gasteiger partial charge in [0.1, 0.15) is 0 Å². The summed E-state index contributed by atoms with van der Waals surface area (Å²) in [6, 6.07) is 11.3. The van der Waals surface area contributed by atoms with Crippen LogP contribution in [0.3, 0.4) is 0 Å². The van der Waals surface area contributed by atoms with Gasteiger partial charge in [0, 0.05) is 24.2 Å². The maximum atomic E-state index is 12.6. The second-order valence-corrected chi connectivity index (χ2v) is 8.55. The molecule has 6 nitrogen and oxygen atoms in total. The van der Waals surface area contributed by atoms with E-state index in [4.69, 9.17) is 29.0 Å². The topological polar surface area (TPSA) is 77.0 Å². The van der Waals surface area contributed by atoms with Crippen LogP contribution in [0.5, 0.6) is 0 Å². The summed E-state index contributed by atoms with van der Waals surface area (Å²) in [6.07, 6.45) is 0. The lowest BCUT2D eigenvalue weighted by molar-refractivity contribution is -0.127. The maximum Gasteiger partial charge on any atom is 0.233 e. The van der Waals surface area contributed by atoms with Crippen molar-refractivity contribution < 1.29 is 4.79 Å². The number of benzene rings is 2. The van der Waals surface area contributed by atoms with Gasteiger partial charge in [0.2, 0.25) is 11.1 Å². The number of carbonyl (C=O) groups is 1. The molecule has 0 saturated carbocycles. The number of aromatic nitrogens is 3. The Morgan fingerprint density at radius 2 is 1.93 bits per heavy atom. The summed E-state index contributed by atoms with van der Waals surface area (Å²) in [6.45, 7) is 4.65. The van der Waals surface area contributed by atoms with Crippen molar-refractivity contribution in [3.63, 3.8) is 0 Å². The average Bonchev–Trinajstić information content (AvgIpc) is 3.04. The van der Waals surface area contributed by atoms with E-state index in [0.717, 1.165) is 5.56 Å². The van der Waals surface area contributed by atoms with Crippen molar-refractivity contribution in [2.75, 3.05) is 18.6 Å². The molecule has 1 amide bonds. The van der Waals surface area contributed by atoms with Gasteiger partial charge in [0.25, 0.3) is 0 Å². The standard InChI is InChI=1S/C20H21Cl2N5OS/c1-12-4-5-14(13(2)8-12)10-26(3)18(28)11-29-20-25-24-19(27(20)23)16-9-15(21)6-7-17(16)22/h4-9H,10-11,23H2,1-3H3. The summed E-state index contributed by atoms with van der Waals surface area (Å²) in [5, 5.41) is 9.58. The molecule has 0 aliphatic rings. The highest BCUT2D eigenvalue weighted by Gasteiger charge is 2.18. The Bertz CT molecular complexity index is 1050. The summed E-state index contributed by atoms with van der Waals surface area (Å²) in [5.41, 5.74) is 4.08. The number of nitrogen functional groups attached to an aromatic ring is 1. The molecule has 0 aliphatic heterocycles. The van der Waals surface area contributed by atoms with Gasteiger partial charge < -0.3 is 10.7 Å². The third kappa shape index (κ3) is 5.04. The summed E-state index contributed by atoms with van der Waals surface area (Å²) in [5.74, 6) is 6.67. The first-order valence-corrected chi connectivity index (χ1v) is 10.6. The minimum atomic E-state index is -0.0275. The largest absolute Gasteiger partial charge is 0.341 e. The minimum absolute atomic E-state index is 0.0275. The summed E-state index contributed by atoms with van der Waals surface area (Å²) < 4.78 is 1.32. The fraction of sp³-hybridized carbons (Fsp3) is 0.250. The molecule has 0 spiro atoms. The van der Waals surface area contributed by atoms with E-state index in [1.54, 1.807) is 30.1 Å². The molecule has 3 rings (SSSR count). The Kier molecular flexibility index (Phi) is 6.72. The van der Waals surface area contributed by atoms with Gasteiger partial charge in [-0.15, -0.1) is 10.2 Å². The van der Waals surface area contributed by atoms with Crippen LogP contribution in [0.1, 0.15) is 16.7 Å². The van der Waals surface area contributed by atoms with Crippen LogP contribution in [-0.2, 0) is 11.3 Å². The number of hydrogen-bond donors (Lipinski definition) is 1. The quantitative estimate of drug-likeness (QED) is 0.447. The molecule has 9 heteroatoms. The van der Waals surface area contributed by atoms with Crippen molar-refractivity contribution in [1.82, 2.24) is 19.8 Å². The molecule has 0 saturated heterocycles.